The van der Waals surface area contributed by atoms with Crippen LogP contribution in [0.15, 0.2) is 103 Å². The second kappa shape index (κ2) is 9.36. The highest BCUT2D eigenvalue weighted by Crippen LogP contribution is 2.47. The Bertz CT molecular complexity index is 3040. The fourth-order valence-corrected chi connectivity index (χ4v) is 9.31. The average molecular weight is 630 g/mol. The summed E-state index contributed by atoms with van der Waals surface area (Å²) in [7, 11) is 0. The summed E-state index contributed by atoms with van der Waals surface area (Å²) in [6, 6.07) is 26.7. The van der Waals surface area contributed by atoms with Crippen LogP contribution in [0.1, 0.15) is 54.0 Å². The fourth-order valence-electron chi connectivity index (χ4n) is 9.31. The number of hydrogen-bond acceptors (Lipinski definition) is 2. The lowest BCUT2D eigenvalue weighted by Crippen LogP contribution is -2.08. The van der Waals surface area contributed by atoms with Gasteiger partial charge in [0.25, 0.3) is 0 Å². The smallest absolute Gasteiger partial charge is 0.165 e. The van der Waals surface area contributed by atoms with E-state index in [-0.39, 0.29) is 0 Å². The van der Waals surface area contributed by atoms with Crippen molar-refractivity contribution in [3.63, 3.8) is 0 Å². The van der Waals surface area contributed by atoms with Crippen molar-refractivity contribution in [1.82, 2.24) is 23.3 Å². The molecule has 0 N–H and O–H groups in total. The van der Waals surface area contributed by atoms with Gasteiger partial charge in [0.2, 0.25) is 0 Å². The Morgan fingerprint density at radius 1 is 0.531 bits per heavy atom. The Morgan fingerprint density at radius 2 is 1.24 bits per heavy atom. The monoisotopic (exact) mass is 629 g/mol. The lowest BCUT2D eigenvalue weighted by molar-refractivity contribution is 0.883. The van der Waals surface area contributed by atoms with Crippen LogP contribution in [0, 0.1) is 0 Å². The van der Waals surface area contributed by atoms with Gasteiger partial charge >= 0.3 is 0 Å². The van der Waals surface area contributed by atoms with Crippen molar-refractivity contribution in [3.05, 3.63) is 132 Å². The van der Waals surface area contributed by atoms with Gasteiger partial charge in [-0.15, -0.1) is 0 Å². The third kappa shape index (κ3) is 3.25. The molecule has 3 aliphatic rings. The first-order valence-corrected chi connectivity index (χ1v) is 17.6. The van der Waals surface area contributed by atoms with Crippen LogP contribution in [0.3, 0.4) is 0 Å². The van der Waals surface area contributed by atoms with E-state index in [1.165, 1.54) is 77.2 Å². The molecular formula is C44H31N5. The molecule has 0 spiro atoms. The summed E-state index contributed by atoms with van der Waals surface area (Å²) in [4.78, 5) is 10.8. The second-order valence-electron chi connectivity index (χ2n) is 13.8. The maximum Gasteiger partial charge on any atom is 0.165 e. The zero-order chi connectivity index (χ0) is 31.8. The van der Waals surface area contributed by atoms with Gasteiger partial charge in [0.1, 0.15) is 5.69 Å². The highest BCUT2D eigenvalue weighted by molar-refractivity contribution is 6.31. The van der Waals surface area contributed by atoms with Gasteiger partial charge in [0.05, 0.1) is 44.3 Å². The summed E-state index contributed by atoms with van der Waals surface area (Å²) in [5.41, 5.74) is 15.6. The third-order valence-corrected chi connectivity index (χ3v) is 11.3. The van der Waals surface area contributed by atoms with E-state index in [4.69, 9.17) is 9.97 Å². The predicted molar refractivity (Wildman–Crippen MR) is 203 cm³/mol. The van der Waals surface area contributed by atoms with Gasteiger partial charge in [-0.25, -0.2) is 9.97 Å². The summed E-state index contributed by atoms with van der Waals surface area (Å²) in [5, 5.41) is 6.55. The number of fused-ring (bicyclic) bond motifs is 10. The molecule has 5 heteroatoms. The zero-order valence-corrected chi connectivity index (χ0v) is 26.9. The molecular weight excluding hydrogens is 599 g/mol. The van der Waals surface area contributed by atoms with Gasteiger partial charge in [-0.05, 0) is 92.1 Å². The summed E-state index contributed by atoms with van der Waals surface area (Å²) < 4.78 is 7.64. The molecule has 5 heterocycles. The number of aryl methyl sites for hydroxylation is 2. The minimum absolute atomic E-state index is 0.887. The Hall–Kier alpha value is -5.94. The molecule has 232 valence electrons. The summed E-state index contributed by atoms with van der Waals surface area (Å²) in [5.74, 6) is 0.887. The number of hydrogen-bond donors (Lipinski definition) is 0. The molecule has 0 amide bonds. The Kier molecular flexibility index (Phi) is 4.98. The molecule has 5 nitrogen and oxygen atoms in total. The third-order valence-electron chi connectivity index (χ3n) is 11.3. The summed E-state index contributed by atoms with van der Waals surface area (Å²) in [6.07, 6.45) is 22.5. The normalized spacial score (nSPS) is 16.0. The van der Waals surface area contributed by atoms with Crippen LogP contribution in [0.5, 0.6) is 0 Å². The van der Waals surface area contributed by atoms with E-state index in [9.17, 15) is 0 Å². The van der Waals surface area contributed by atoms with E-state index in [2.05, 4.69) is 129 Å². The van der Waals surface area contributed by atoms with Crippen molar-refractivity contribution in [2.45, 2.75) is 38.5 Å². The van der Waals surface area contributed by atoms with Crippen molar-refractivity contribution >= 4 is 83.3 Å². The minimum Gasteiger partial charge on any atom is -0.310 e. The molecule has 12 rings (SSSR count). The maximum absolute atomic E-state index is 5.47. The summed E-state index contributed by atoms with van der Waals surface area (Å²) in [6.45, 7) is 0. The van der Waals surface area contributed by atoms with Crippen molar-refractivity contribution in [1.29, 1.82) is 0 Å². The molecule has 0 aliphatic heterocycles. The Labute approximate surface area is 281 Å². The topological polar surface area (TPSA) is 39.5 Å². The van der Waals surface area contributed by atoms with Gasteiger partial charge in [-0.1, -0.05) is 72.8 Å². The molecule has 3 aliphatic carbocycles. The second-order valence-corrected chi connectivity index (χ2v) is 13.8. The number of benzene rings is 4. The predicted octanol–water partition coefficient (Wildman–Crippen LogP) is 10.6. The molecule has 0 radical (unpaired) electrons. The quantitative estimate of drug-likeness (QED) is 0.191. The van der Waals surface area contributed by atoms with Gasteiger partial charge in [0.15, 0.2) is 5.82 Å². The van der Waals surface area contributed by atoms with E-state index >= 15 is 0 Å². The molecule has 0 saturated heterocycles. The van der Waals surface area contributed by atoms with Crippen molar-refractivity contribution < 1.29 is 0 Å². The number of aromatic nitrogens is 5. The largest absolute Gasteiger partial charge is 0.310 e. The Balaban J connectivity index is 1.39. The lowest BCUT2D eigenvalue weighted by Gasteiger charge is -2.18. The molecule has 0 fully saturated rings. The molecule has 0 atom stereocenters. The van der Waals surface area contributed by atoms with E-state index in [1.807, 2.05) is 0 Å². The van der Waals surface area contributed by atoms with Gasteiger partial charge < -0.3 is 8.80 Å². The SMILES string of the molecule is C1=CC(c2nc3ccccc3nc2-n2c3ccc4c5c(n6c7c(n8c9ccccc9c9ccc2c(c3c46)c98)CCC=C7)C=CCC5)=CCC1. The molecule has 5 aromatic heterocycles. The molecule has 0 unspecified atom stereocenters. The van der Waals surface area contributed by atoms with Crippen LogP contribution in [0.4, 0.5) is 0 Å². The number of nitrogens with zero attached hydrogens (tertiary/aromatic N) is 5. The van der Waals surface area contributed by atoms with Gasteiger partial charge in [-0.3, -0.25) is 4.57 Å². The van der Waals surface area contributed by atoms with Crippen LogP contribution in [0.2, 0.25) is 0 Å². The van der Waals surface area contributed by atoms with Crippen molar-refractivity contribution in [2.75, 3.05) is 0 Å². The first kappa shape index (κ1) is 26.1. The van der Waals surface area contributed by atoms with Crippen LogP contribution in [0.25, 0.3) is 89.1 Å². The Morgan fingerprint density at radius 3 is 2.08 bits per heavy atom. The van der Waals surface area contributed by atoms with Crippen LogP contribution in [-0.2, 0) is 12.8 Å². The first-order valence-electron chi connectivity index (χ1n) is 17.6. The first-order chi connectivity index (χ1) is 24.3. The van der Waals surface area contributed by atoms with Crippen LogP contribution >= 0.6 is 0 Å². The standard InChI is InChI=1S/C44H31N5/c1-2-12-26(13-3-1)41-44(46-32-17-7-6-16-31(32)45-41)49-37-24-22-29-27-14-4-8-18-33(27)47-35-20-10-11-21-36(35)48-34-19-9-5-15-28(34)30-23-25-38(49)40(43(30)48)39(37)42(29)47/h2,4,6-9,11-14,16-19,21-25H,1,3,5,10,15,20H2. The summed E-state index contributed by atoms with van der Waals surface area (Å²) >= 11 is 0. The van der Waals surface area contributed by atoms with E-state index < -0.39 is 0 Å². The molecule has 0 saturated carbocycles. The molecule has 0 bridgehead atoms. The van der Waals surface area contributed by atoms with Crippen molar-refractivity contribution in [3.8, 4) is 5.82 Å². The van der Waals surface area contributed by atoms with Gasteiger partial charge in [-0.2, -0.15) is 0 Å². The van der Waals surface area contributed by atoms with Crippen LogP contribution in [-0.4, -0.2) is 23.3 Å². The van der Waals surface area contributed by atoms with E-state index in [0.717, 1.165) is 66.6 Å². The minimum atomic E-state index is 0.887. The highest BCUT2D eigenvalue weighted by Gasteiger charge is 2.29. The lowest BCUT2D eigenvalue weighted by atomic mass is 9.99. The molecule has 9 aromatic rings. The average Bonchev–Trinajstić information content (AvgIpc) is 3.79. The number of rotatable bonds is 2. The fraction of sp³-hybridized carbons (Fsp3) is 0.136. The number of allylic oxidation sites excluding steroid dienone is 6. The zero-order valence-electron chi connectivity index (χ0n) is 26.9. The molecule has 4 aromatic carbocycles. The molecule has 49 heavy (non-hydrogen) atoms. The van der Waals surface area contributed by atoms with E-state index in [1.54, 1.807) is 0 Å². The van der Waals surface area contributed by atoms with Gasteiger partial charge in [0, 0.05) is 38.3 Å². The highest BCUT2D eigenvalue weighted by atomic mass is 15.1. The van der Waals surface area contributed by atoms with E-state index in [0.29, 0.717) is 0 Å². The number of para-hydroxylation sites is 3. The van der Waals surface area contributed by atoms with Crippen molar-refractivity contribution in [2.24, 2.45) is 0 Å². The van der Waals surface area contributed by atoms with Crippen LogP contribution < -0.4 is 0 Å². The maximum atomic E-state index is 5.47.